The zero-order valence-corrected chi connectivity index (χ0v) is 14.2. The maximum Gasteiger partial charge on any atom is 0.252 e. The summed E-state index contributed by atoms with van der Waals surface area (Å²) in [6, 6.07) is 14.0. The number of hydrogen-bond donors (Lipinski definition) is 0. The second-order valence-corrected chi connectivity index (χ2v) is 6.65. The van der Waals surface area contributed by atoms with Crippen molar-refractivity contribution < 1.29 is 9.26 Å². The van der Waals surface area contributed by atoms with Gasteiger partial charge in [-0.3, -0.25) is 4.98 Å². The first-order valence-corrected chi connectivity index (χ1v) is 7.93. The van der Waals surface area contributed by atoms with Crippen LogP contribution in [0.1, 0.15) is 37.9 Å². The van der Waals surface area contributed by atoms with Crippen LogP contribution in [0, 0.1) is 0 Å². The van der Waals surface area contributed by atoms with Crippen LogP contribution in [0.3, 0.4) is 0 Å². The summed E-state index contributed by atoms with van der Waals surface area (Å²) in [4.78, 5) is 8.58. The molecule has 0 saturated carbocycles. The van der Waals surface area contributed by atoms with Crippen molar-refractivity contribution in [3.63, 3.8) is 0 Å². The van der Waals surface area contributed by atoms with E-state index in [1.807, 2.05) is 30.3 Å². The molecule has 2 heterocycles. The first-order chi connectivity index (χ1) is 11.5. The lowest BCUT2D eigenvalue weighted by Crippen LogP contribution is -2.10. The molecule has 0 aliphatic carbocycles. The van der Waals surface area contributed by atoms with Crippen molar-refractivity contribution in [3.8, 4) is 11.4 Å². The molecule has 1 aromatic carbocycles. The van der Waals surface area contributed by atoms with Crippen molar-refractivity contribution in [1.29, 1.82) is 0 Å². The Labute approximate surface area is 141 Å². The second kappa shape index (κ2) is 6.93. The van der Waals surface area contributed by atoms with Gasteiger partial charge in [0.05, 0.1) is 12.3 Å². The van der Waals surface area contributed by atoms with E-state index in [0.717, 1.165) is 11.3 Å². The number of rotatable bonds is 5. The predicted octanol–water partition coefficient (Wildman–Crippen LogP) is 4.15. The molecular weight excluding hydrogens is 302 g/mol. The topological polar surface area (TPSA) is 61.0 Å². The molecule has 124 valence electrons. The largest absolute Gasteiger partial charge is 0.365 e. The fourth-order valence-electron chi connectivity index (χ4n) is 2.28. The van der Waals surface area contributed by atoms with Crippen molar-refractivity contribution in [2.24, 2.45) is 0 Å². The molecule has 2 aromatic heterocycles. The summed E-state index contributed by atoms with van der Waals surface area (Å²) in [5.41, 5.74) is 3.20. The Morgan fingerprint density at radius 1 is 1.00 bits per heavy atom. The van der Waals surface area contributed by atoms with Gasteiger partial charge < -0.3 is 9.26 Å². The fourth-order valence-corrected chi connectivity index (χ4v) is 2.28. The van der Waals surface area contributed by atoms with E-state index in [1.54, 1.807) is 6.20 Å². The number of benzene rings is 1. The summed E-state index contributed by atoms with van der Waals surface area (Å²) < 4.78 is 10.8. The Hall–Kier alpha value is -2.53. The monoisotopic (exact) mass is 323 g/mol. The quantitative estimate of drug-likeness (QED) is 0.706. The third-order valence-corrected chi connectivity index (χ3v) is 3.68. The van der Waals surface area contributed by atoms with Crippen molar-refractivity contribution in [3.05, 3.63) is 65.8 Å². The van der Waals surface area contributed by atoms with Gasteiger partial charge in [0, 0.05) is 11.8 Å². The second-order valence-electron chi connectivity index (χ2n) is 6.65. The molecule has 0 spiro atoms. The van der Waals surface area contributed by atoms with Crippen LogP contribution in [-0.2, 0) is 23.4 Å². The van der Waals surface area contributed by atoms with Gasteiger partial charge in [-0.1, -0.05) is 56.3 Å². The van der Waals surface area contributed by atoms with Gasteiger partial charge in [0.25, 0.3) is 5.89 Å². The zero-order valence-electron chi connectivity index (χ0n) is 14.2. The molecule has 5 nitrogen and oxygen atoms in total. The third-order valence-electron chi connectivity index (χ3n) is 3.68. The molecule has 0 fully saturated rings. The third kappa shape index (κ3) is 4.06. The lowest BCUT2D eigenvalue weighted by Gasteiger charge is -2.18. The van der Waals surface area contributed by atoms with Crippen molar-refractivity contribution in [2.45, 2.75) is 39.4 Å². The summed E-state index contributed by atoms with van der Waals surface area (Å²) >= 11 is 0. The maximum absolute atomic E-state index is 5.56. The van der Waals surface area contributed by atoms with E-state index in [9.17, 15) is 0 Å². The summed E-state index contributed by atoms with van der Waals surface area (Å²) in [6.07, 6.45) is 1.74. The highest BCUT2D eigenvalue weighted by molar-refractivity contribution is 5.55. The highest BCUT2D eigenvalue weighted by Crippen LogP contribution is 2.25. The first kappa shape index (κ1) is 16.3. The summed E-state index contributed by atoms with van der Waals surface area (Å²) in [7, 11) is 0. The molecular formula is C19H21N3O2. The highest BCUT2D eigenvalue weighted by atomic mass is 16.5. The Balaban J connectivity index is 1.61. The molecule has 0 unspecified atom stereocenters. The molecule has 0 amide bonds. The molecule has 5 heteroatoms. The van der Waals surface area contributed by atoms with Crippen LogP contribution < -0.4 is 0 Å². The van der Waals surface area contributed by atoms with Crippen molar-refractivity contribution >= 4 is 0 Å². The minimum atomic E-state index is 0.125. The lowest BCUT2D eigenvalue weighted by atomic mass is 9.87. The van der Waals surface area contributed by atoms with Crippen LogP contribution >= 0.6 is 0 Å². The van der Waals surface area contributed by atoms with Gasteiger partial charge >= 0.3 is 0 Å². The highest BCUT2D eigenvalue weighted by Gasteiger charge is 2.14. The number of aromatic nitrogens is 3. The molecule has 24 heavy (non-hydrogen) atoms. The lowest BCUT2D eigenvalue weighted by molar-refractivity contribution is 0.0829. The minimum Gasteiger partial charge on any atom is -0.365 e. The maximum atomic E-state index is 5.56. The summed E-state index contributed by atoms with van der Waals surface area (Å²) in [5, 5.41) is 4.02. The van der Waals surface area contributed by atoms with E-state index >= 15 is 0 Å². The van der Waals surface area contributed by atoms with Crippen LogP contribution in [0.4, 0.5) is 0 Å². The van der Waals surface area contributed by atoms with Crippen LogP contribution in [-0.4, -0.2) is 15.1 Å². The van der Waals surface area contributed by atoms with Crippen LogP contribution in [0.5, 0.6) is 0 Å². The molecule has 0 bridgehead atoms. The fraction of sp³-hybridized carbons (Fsp3) is 0.316. The first-order valence-electron chi connectivity index (χ1n) is 7.93. The van der Waals surface area contributed by atoms with Gasteiger partial charge in [-0.2, -0.15) is 4.98 Å². The molecule has 0 saturated heterocycles. The predicted molar refractivity (Wildman–Crippen MR) is 91.2 cm³/mol. The molecule has 0 aliphatic heterocycles. The molecule has 0 aliphatic rings. The minimum absolute atomic E-state index is 0.125. The molecule has 0 atom stereocenters. The Kier molecular flexibility index (Phi) is 4.71. The van der Waals surface area contributed by atoms with E-state index in [4.69, 9.17) is 9.26 Å². The average molecular weight is 323 g/mol. The van der Waals surface area contributed by atoms with Gasteiger partial charge in [-0.15, -0.1) is 0 Å². The number of nitrogens with zero attached hydrogens (tertiary/aromatic N) is 3. The Morgan fingerprint density at radius 3 is 2.46 bits per heavy atom. The van der Waals surface area contributed by atoms with E-state index < -0.39 is 0 Å². The van der Waals surface area contributed by atoms with Crippen LogP contribution in [0.2, 0.25) is 0 Å². The van der Waals surface area contributed by atoms with E-state index in [1.165, 1.54) is 5.56 Å². The number of ether oxygens (including phenoxy) is 1. The normalized spacial score (nSPS) is 11.6. The summed E-state index contributed by atoms with van der Waals surface area (Å²) in [6.45, 7) is 7.25. The zero-order chi connectivity index (χ0) is 17.0. The smallest absolute Gasteiger partial charge is 0.252 e. The number of hydrogen-bond acceptors (Lipinski definition) is 5. The van der Waals surface area contributed by atoms with Gasteiger partial charge in [-0.25, -0.2) is 0 Å². The van der Waals surface area contributed by atoms with Crippen molar-refractivity contribution in [2.75, 3.05) is 0 Å². The summed E-state index contributed by atoms with van der Waals surface area (Å²) in [5.74, 6) is 1.03. The van der Waals surface area contributed by atoms with Gasteiger partial charge in [0.2, 0.25) is 5.82 Å². The molecule has 0 N–H and O–H groups in total. The van der Waals surface area contributed by atoms with Crippen LogP contribution in [0.25, 0.3) is 11.4 Å². The molecule has 0 radical (unpaired) electrons. The SMILES string of the molecule is CC(C)(C)c1ccc(-c2noc(COCc3ccccn3)n2)cc1. The Bertz CT molecular complexity index is 774. The molecule has 3 aromatic rings. The standard InChI is InChI=1S/C19H21N3O2/c1-19(2,3)15-9-7-14(8-10-15)18-21-17(24-22-18)13-23-12-16-6-4-5-11-20-16/h4-11H,12-13H2,1-3H3. The molecule has 3 rings (SSSR count). The van der Waals surface area contributed by atoms with Gasteiger partial charge in [-0.05, 0) is 23.1 Å². The average Bonchev–Trinajstić information content (AvgIpc) is 3.04. The number of pyridine rings is 1. The van der Waals surface area contributed by atoms with E-state index in [2.05, 4.69) is 48.0 Å². The van der Waals surface area contributed by atoms with Crippen molar-refractivity contribution in [1.82, 2.24) is 15.1 Å². The Morgan fingerprint density at radius 2 is 1.79 bits per heavy atom. The van der Waals surface area contributed by atoms with Crippen LogP contribution in [0.15, 0.2) is 53.2 Å². The van der Waals surface area contributed by atoms with Gasteiger partial charge in [0.15, 0.2) is 0 Å². The van der Waals surface area contributed by atoms with Gasteiger partial charge in [0.1, 0.15) is 6.61 Å². The van der Waals surface area contributed by atoms with E-state index in [0.29, 0.717) is 18.3 Å². The van der Waals surface area contributed by atoms with E-state index in [-0.39, 0.29) is 12.0 Å².